The van der Waals surface area contributed by atoms with Crippen LogP contribution in [0.2, 0.25) is 0 Å². The summed E-state index contributed by atoms with van der Waals surface area (Å²) in [5, 5.41) is 10.1. The Hall–Kier alpha value is -0.740. The first-order valence-corrected chi connectivity index (χ1v) is 7.47. The third-order valence-corrected chi connectivity index (χ3v) is 4.43. The smallest absolute Gasteiger partial charge is 0.162 e. The highest BCUT2D eigenvalue weighted by Gasteiger charge is 2.40. The van der Waals surface area contributed by atoms with E-state index in [1.54, 1.807) is 0 Å². The lowest BCUT2D eigenvalue weighted by Gasteiger charge is -2.19. The molecule has 19 heavy (non-hydrogen) atoms. The first-order chi connectivity index (χ1) is 8.87. The van der Waals surface area contributed by atoms with Gasteiger partial charge in [-0.15, -0.1) is 0 Å². The average Bonchev–Trinajstić information content (AvgIpc) is 3.07. The molecular weight excluding hydrogens is 308 g/mol. The highest BCUT2D eigenvalue weighted by Crippen LogP contribution is 2.43. The van der Waals surface area contributed by atoms with Gasteiger partial charge in [-0.2, -0.15) is 0 Å². The molecule has 1 aliphatic carbocycles. The fourth-order valence-electron chi connectivity index (χ4n) is 2.20. The van der Waals surface area contributed by atoms with Crippen molar-refractivity contribution in [1.29, 1.82) is 0 Å². The number of rotatable bonds is 2. The van der Waals surface area contributed by atoms with Gasteiger partial charge in [-0.05, 0) is 30.5 Å². The molecule has 0 bridgehead atoms. The van der Waals surface area contributed by atoms with Gasteiger partial charge in [0.1, 0.15) is 0 Å². The standard InChI is InChI=1S/C15H19BrO3/c1-14(2)8-18-12-5-10(7-15(17)3-4-15)11(16)6-13(12)19-9-14/h5-6,17H,3-4,7-9H2,1-2H3. The number of ether oxygens (including phenoxy) is 2. The Kier molecular flexibility index (Phi) is 3.06. The summed E-state index contributed by atoms with van der Waals surface area (Å²) in [6, 6.07) is 3.95. The minimum Gasteiger partial charge on any atom is -0.489 e. The molecule has 1 aromatic carbocycles. The van der Waals surface area contributed by atoms with Crippen molar-refractivity contribution in [2.45, 2.75) is 38.7 Å². The fraction of sp³-hybridized carbons (Fsp3) is 0.600. The third kappa shape index (κ3) is 2.90. The fourth-order valence-corrected chi connectivity index (χ4v) is 2.66. The largest absolute Gasteiger partial charge is 0.489 e. The predicted molar refractivity (Wildman–Crippen MR) is 76.8 cm³/mol. The van der Waals surface area contributed by atoms with E-state index < -0.39 is 5.60 Å². The lowest BCUT2D eigenvalue weighted by molar-refractivity contribution is 0.140. The van der Waals surface area contributed by atoms with Crippen LogP contribution in [-0.4, -0.2) is 23.9 Å². The molecule has 3 rings (SSSR count). The van der Waals surface area contributed by atoms with Crippen molar-refractivity contribution in [2.24, 2.45) is 5.41 Å². The molecule has 1 aliphatic heterocycles. The quantitative estimate of drug-likeness (QED) is 0.906. The molecule has 0 atom stereocenters. The zero-order valence-electron chi connectivity index (χ0n) is 11.3. The van der Waals surface area contributed by atoms with Crippen LogP contribution in [0.25, 0.3) is 0 Å². The van der Waals surface area contributed by atoms with Gasteiger partial charge in [0.05, 0.1) is 18.8 Å². The van der Waals surface area contributed by atoms with Crippen LogP contribution in [0, 0.1) is 5.41 Å². The van der Waals surface area contributed by atoms with Gasteiger partial charge in [-0.25, -0.2) is 0 Å². The van der Waals surface area contributed by atoms with E-state index in [0.29, 0.717) is 19.6 Å². The number of aliphatic hydroxyl groups is 1. The monoisotopic (exact) mass is 326 g/mol. The molecular formula is C15H19BrO3. The number of fused-ring (bicyclic) bond motifs is 1. The second kappa shape index (κ2) is 4.38. The second-order valence-corrected chi connectivity index (χ2v) is 7.39. The summed E-state index contributed by atoms with van der Waals surface area (Å²) in [6.07, 6.45) is 2.45. The minimum atomic E-state index is -0.498. The van der Waals surface area contributed by atoms with Gasteiger partial charge in [-0.1, -0.05) is 29.8 Å². The van der Waals surface area contributed by atoms with Crippen LogP contribution in [0.5, 0.6) is 11.5 Å². The summed E-state index contributed by atoms with van der Waals surface area (Å²) in [4.78, 5) is 0. The molecule has 1 fully saturated rings. The minimum absolute atomic E-state index is 0.0142. The molecule has 104 valence electrons. The molecule has 0 spiro atoms. The van der Waals surface area contributed by atoms with Crippen LogP contribution >= 0.6 is 15.9 Å². The van der Waals surface area contributed by atoms with E-state index in [0.717, 1.165) is 34.4 Å². The highest BCUT2D eigenvalue weighted by atomic mass is 79.9. The Morgan fingerprint density at radius 3 is 2.32 bits per heavy atom. The average molecular weight is 327 g/mol. The highest BCUT2D eigenvalue weighted by molar-refractivity contribution is 9.10. The molecule has 1 saturated carbocycles. The number of hydrogen-bond acceptors (Lipinski definition) is 3. The van der Waals surface area contributed by atoms with Crippen molar-refractivity contribution < 1.29 is 14.6 Å². The maximum atomic E-state index is 10.1. The SMILES string of the molecule is CC1(C)COc2cc(Br)c(CC3(O)CC3)cc2OC1. The maximum absolute atomic E-state index is 10.1. The molecule has 0 amide bonds. The van der Waals surface area contributed by atoms with Crippen LogP contribution in [0.3, 0.4) is 0 Å². The normalized spacial score (nSPS) is 22.7. The lowest BCUT2D eigenvalue weighted by Crippen LogP contribution is -2.26. The summed E-state index contributed by atoms with van der Waals surface area (Å²) in [7, 11) is 0. The van der Waals surface area contributed by atoms with Gasteiger partial charge in [0.15, 0.2) is 11.5 Å². The molecule has 1 N–H and O–H groups in total. The van der Waals surface area contributed by atoms with E-state index in [9.17, 15) is 5.11 Å². The number of halogens is 1. The number of benzene rings is 1. The topological polar surface area (TPSA) is 38.7 Å². The second-order valence-electron chi connectivity index (χ2n) is 6.53. The molecule has 0 radical (unpaired) electrons. The number of hydrogen-bond donors (Lipinski definition) is 1. The van der Waals surface area contributed by atoms with Crippen molar-refractivity contribution in [2.75, 3.05) is 13.2 Å². The van der Waals surface area contributed by atoms with Gasteiger partial charge in [0, 0.05) is 16.3 Å². The summed E-state index contributed by atoms with van der Waals surface area (Å²) >= 11 is 3.56. The van der Waals surface area contributed by atoms with Crippen LogP contribution in [0.15, 0.2) is 16.6 Å². The van der Waals surface area contributed by atoms with Crippen molar-refractivity contribution in [3.05, 3.63) is 22.2 Å². The first-order valence-electron chi connectivity index (χ1n) is 6.67. The van der Waals surface area contributed by atoms with Crippen LogP contribution < -0.4 is 9.47 Å². The van der Waals surface area contributed by atoms with E-state index in [4.69, 9.17) is 9.47 Å². The van der Waals surface area contributed by atoms with Gasteiger partial charge in [-0.3, -0.25) is 0 Å². The summed E-state index contributed by atoms with van der Waals surface area (Å²) < 4.78 is 12.7. The Bertz CT molecular complexity index is 506. The first kappa shape index (κ1) is 13.3. The Labute approximate surface area is 122 Å². The molecule has 1 heterocycles. The molecule has 1 aromatic rings. The maximum Gasteiger partial charge on any atom is 0.162 e. The predicted octanol–water partition coefficient (Wildman–Crippen LogP) is 3.31. The Morgan fingerprint density at radius 2 is 1.74 bits per heavy atom. The van der Waals surface area contributed by atoms with E-state index in [2.05, 4.69) is 29.8 Å². The summed E-state index contributed by atoms with van der Waals surface area (Å²) in [6.45, 7) is 5.55. The van der Waals surface area contributed by atoms with Crippen molar-refractivity contribution in [3.63, 3.8) is 0 Å². The van der Waals surface area contributed by atoms with Crippen molar-refractivity contribution in [1.82, 2.24) is 0 Å². The Morgan fingerprint density at radius 1 is 1.16 bits per heavy atom. The van der Waals surface area contributed by atoms with E-state index in [1.807, 2.05) is 12.1 Å². The van der Waals surface area contributed by atoms with Crippen LogP contribution in [0.4, 0.5) is 0 Å². The van der Waals surface area contributed by atoms with E-state index in [-0.39, 0.29) is 5.41 Å². The zero-order valence-corrected chi connectivity index (χ0v) is 12.9. The van der Waals surface area contributed by atoms with Gasteiger partial charge >= 0.3 is 0 Å². The summed E-state index contributed by atoms with van der Waals surface area (Å²) in [5.74, 6) is 1.57. The van der Waals surface area contributed by atoms with Crippen molar-refractivity contribution in [3.8, 4) is 11.5 Å². The molecule has 0 saturated heterocycles. The van der Waals surface area contributed by atoms with Crippen LogP contribution in [0.1, 0.15) is 32.3 Å². The Balaban J connectivity index is 1.88. The zero-order chi connectivity index (χ0) is 13.7. The molecule has 3 nitrogen and oxygen atoms in total. The lowest BCUT2D eigenvalue weighted by atomic mass is 9.97. The van der Waals surface area contributed by atoms with Gasteiger partial charge < -0.3 is 14.6 Å². The molecule has 2 aliphatic rings. The third-order valence-electron chi connectivity index (χ3n) is 3.70. The summed E-state index contributed by atoms with van der Waals surface area (Å²) in [5.41, 5.74) is 0.601. The van der Waals surface area contributed by atoms with E-state index in [1.165, 1.54) is 0 Å². The van der Waals surface area contributed by atoms with Crippen molar-refractivity contribution >= 4 is 15.9 Å². The molecule has 4 heteroatoms. The van der Waals surface area contributed by atoms with Gasteiger partial charge in [0.2, 0.25) is 0 Å². The van der Waals surface area contributed by atoms with E-state index >= 15 is 0 Å². The van der Waals surface area contributed by atoms with Crippen LogP contribution in [-0.2, 0) is 6.42 Å². The molecule has 0 unspecified atom stereocenters. The molecule has 0 aromatic heterocycles. The van der Waals surface area contributed by atoms with Gasteiger partial charge in [0.25, 0.3) is 0 Å².